The Hall–Kier alpha value is -1.95. The zero-order valence-corrected chi connectivity index (χ0v) is 14.0. The van der Waals surface area contributed by atoms with Gasteiger partial charge in [-0.05, 0) is 36.5 Å². The third kappa shape index (κ3) is 4.32. The Labute approximate surface area is 142 Å². The fraction of sp³-hybridized carbons (Fsp3) is 0.611. The minimum atomic E-state index is 0.0679. The van der Waals surface area contributed by atoms with Crippen LogP contribution in [0.5, 0.6) is 0 Å². The van der Waals surface area contributed by atoms with Gasteiger partial charge in [-0.15, -0.1) is 0 Å². The molecule has 0 aromatic carbocycles. The van der Waals surface area contributed by atoms with E-state index in [0.717, 1.165) is 25.9 Å². The van der Waals surface area contributed by atoms with Crippen LogP contribution in [0.3, 0.4) is 0 Å². The van der Waals surface area contributed by atoms with Crippen molar-refractivity contribution in [3.05, 3.63) is 30.1 Å². The van der Waals surface area contributed by atoms with Crippen LogP contribution in [0.1, 0.15) is 37.2 Å². The molecule has 0 spiro atoms. The summed E-state index contributed by atoms with van der Waals surface area (Å²) in [6, 6.07) is 4.12. The zero-order chi connectivity index (χ0) is 16.8. The first-order valence-electron chi connectivity index (χ1n) is 8.77. The van der Waals surface area contributed by atoms with Gasteiger partial charge in [0.15, 0.2) is 0 Å². The van der Waals surface area contributed by atoms with Crippen molar-refractivity contribution in [2.45, 2.75) is 31.6 Å². The van der Waals surface area contributed by atoms with Gasteiger partial charge in [-0.1, -0.05) is 0 Å². The number of hydrogen-bond acceptors (Lipinski definition) is 4. The summed E-state index contributed by atoms with van der Waals surface area (Å²) in [7, 11) is 0. The standard InChI is InChI=1S/C18H25N3O3/c22-17(1-2-18(23)21-11-13-24-14-12-21)20-9-5-16(6-10-20)15-3-7-19-8-4-15/h3-4,7-8,16H,1-2,5-6,9-14H2. The highest BCUT2D eigenvalue weighted by atomic mass is 16.5. The van der Waals surface area contributed by atoms with Crippen LogP contribution in [0.15, 0.2) is 24.5 Å². The van der Waals surface area contributed by atoms with E-state index in [9.17, 15) is 9.59 Å². The van der Waals surface area contributed by atoms with E-state index in [4.69, 9.17) is 4.74 Å². The normalized spacial score (nSPS) is 19.3. The van der Waals surface area contributed by atoms with Gasteiger partial charge in [0.2, 0.25) is 11.8 Å². The van der Waals surface area contributed by atoms with Gasteiger partial charge in [-0.3, -0.25) is 14.6 Å². The lowest BCUT2D eigenvalue weighted by molar-refractivity contribution is -0.139. The highest BCUT2D eigenvalue weighted by Gasteiger charge is 2.25. The molecule has 0 bridgehead atoms. The predicted molar refractivity (Wildman–Crippen MR) is 89.4 cm³/mol. The second-order valence-corrected chi connectivity index (χ2v) is 6.43. The van der Waals surface area contributed by atoms with Crippen molar-refractivity contribution in [3.63, 3.8) is 0 Å². The summed E-state index contributed by atoms with van der Waals surface area (Å²) >= 11 is 0. The SMILES string of the molecule is O=C(CCC(=O)N1CCC(c2ccncc2)CC1)N1CCOCC1. The molecule has 0 atom stereocenters. The van der Waals surface area contributed by atoms with Gasteiger partial charge in [0, 0.05) is 51.4 Å². The molecule has 6 heteroatoms. The lowest BCUT2D eigenvalue weighted by atomic mass is 9.90. The van der Waals surface area contributed by atoms with Crippen molar-refractivity contribution >= 4 is 11.8 Å². The third-order valence-corrected chi connectivity index (χ3v) is 4.94. The van der Waals surface area contributed by atoms with Crippen LogP contribution in [0.4, 0.5) is 0 Å². The number of likely N-dealkylation sites (tertiary alicyclic amines) is 1. The molecule has 1 aromatic rings. The molecule has 0 N–H and O–H groups in total. The van der Waals surface area contributed by atoms with Gasteiger partial charge in [0.1, 0.15) is 0 Å². The van der Waals surface area contributed by atoms with Crippen LogP contribution in [0.25, 0.3) is 0 Å². The van der Waals surface area contributed by atoms with E-state index in [2.05, 4.69) is 17.1 Å². The summed E-state index contributed by atoms with van der Waals surface area (Å²) in [6.45, 7) is 4.04. The third-order valence-electron chi connectivity index (χ3n) is 4.94. The number of rotatable bonds is 4. The molecule has 3 heterocycles. The van der Waals surface area contributed by atoms with Crippen molar-refractivity contribution in [1.82, 2.24) is 14.8 Å². The Morgan fingerprint density at radius 3 is 2.08 bits per heavy atom. The smallest absolute Gasteiger partial charge is 0.223 e. The second-order valence-electron chi connectivity index (χ2n) is 6.43. The number of piperidine rings is 1. The molecule has 0 saturated carbocycles. The van der Waals surface area contributed by atoms with Crippen molar-refractivity contribution < 1.29 is 14.3 Å². The number of carbonyl (C=O) groups excluding carboxylic acids is 2. The van der Waals surface area contributed by atoms with Crippen molar-refractivity contribution in [3.8, 4) is 0 Å². The predicted octanol–water partition coefficient (Wildman–Crippen LogP) is 1.43. The number of hydrogen-bond donors (Lipinski definition) is 0. The largest absolute Gasteiger partial charge is 0.378 e. The number of amides is 2. The van der Waals surface area contributed by atoms with Gasteiger partial charge in [-0.2, -0.15) is 0 Å². The molecule has 3 rings (SSSR count). The first kappa shape index (κ1) is 16.9. The van der Waals surface area contributed by atoms with Gasteiger partial charge in [0.25, 0.3) is 0 Å². The molecule has 130 valence electrons. The molecule has 24 heavy (non-hydrogen) atoms. The van der Waals surface area contributed by atoms with Gasteiger partial charge >= 0.3 is 0 Å². The van der Waals surface area contributed by atoms with Gasteiger partial charge in [0.05, 0.1) is 13.2 Å². The average molecular weight is 331 g/mol. The summed E-state index contributed by atoms with van der Waals surface area (Å²) in [5.41, 5.74) is 1.31. The van der Waals surface area contributed by atoms with Crippen LogP contribution in [0, 0.1) is 0 Å². The van der Waals surface area contributed by atoms with Gasteiger partial charge in [-0.25, -0.2) is 0 Å². The maximum atomic E-state index is 12.3. The zero-order valence-electron chi connectivity index (χ0n) is 14.0. The van der Waals surface area contributed by atoms with Crippen molar-refractivity contribution in [2.75, 3.05) is 39.4 Å². The molecule has 2 saturated heterocycles. The van der Waals surface area contributed by atoms with Crippen molar-refractivity contribution in [2.24, 2.45) is 0 Å². The average Bonchev–Trinajstić information content (AvgIpc) is 2.67. The summed E-state index contributed by atoms with van der Waals surface area (Å²) < 4.78 is 5.24. The Balaban J connectivity index is 1.41. The monoisotopic (exact) mass is 331 g/mol. The molecule has 2 aliphatic rings. The minimum Gasteiger partial charge on any atom is -0.378 e. The summed E-state index contributed by atoms with van der Waals surface area (Å²) in [4.78, 5) is 32.2. The Morgan fingerprint density at radius 1 is 0.958 bits per heavy atom. The maximum absolute atomic E-state index is 12.3. The molecule has 0 aliphatic carbocycles. The summed E-state index contributed by atoms with van der Waals surface area (Å²) in [5.74, 6) is 0.676. The Bertz CT molecular complexity index is 550. The summed E-state index contributed by atoms with van der Waals surface area (Å²) in [6.07, 6.45) is 6.23. The number of ether oxygens (including phenoxy) is 1. The van der Waals surface area contributed by atoms with E-state index in [1.807, 2.05) is 17.3 Å². The molecule has 2 fully saturated rings. The molecule has 0 unspecified atom stereocenters. The number of carbonyl (C=O) groups is 2. The molecule has 0 radical (unpaired) electrons. The second kappa shape index (κ2) is 8.24. The van der Waals surface area contributed by atoms with Crippen LogP contribution in [-0.2, 0) is 14.3 Å². The number of aromatic nitrogens is 1. The van der Waals surface area contributed by atoms with Crippen LogP contribution in [0.2, 0.25) is 0 Å². The first-order chi connectivity index (χ1) is 11.7. The van der Waals surface area contributed by atoms with E-state index < -0.39 is 0 Å². The molecular weight excluding hydrogens is 306 g/mol. The topological polar surface area (TPSA) is 62.7 Å². The van der Waals surface area contributed by atoms with Crippen LogP contribution >= 0.6 is 0 Å². The molecule has 6 nitrogen and oxygen atoms in total. The highest BCUT2D eigenvalue weighted by molar-refractivity contribution is 5.84. The van der Waals surface area contributed by atoms with E-state index in [1.54, 1.807) is 4.90 Å². The Morgan fingerprint density at radius 2 is 1.50 bits per heavy atom. The maximum Gasteiger partial charge on any atom is 0.223 e. The van der Waals surface area contributed by atoms with Crippen LogP contribution < -0.4 is 0 Å². The number of nitrogens with zero attached hydrogens (tertiary/aromatic N) is 3. The first-order valence-corrected chi connectivity index (χ1v) is 8.77. The van der Waals surface area contributed by atoms with Gasteiger partial charge < -0.3 is 14.5 Å². The molecule has 1 aromatic heterocycles. The quantitative estimate of drug-likeness (QED) is 0.837. The number of morpholine rings is 1. The fourth-order valence-corrected chi connectivity index (χ4v) is 3.44. The van der Waals surface area contributed by atoms with E-state index >= 15 is 0 Å². The molecule has 2 amide bonds. The number of pyridine rings is 1. The van der Waals surface area contributed by atoms with Crippen molar-refractivity contribution in [1.29, 1.82) is 0 Å². The highest BCUT2D eigenvalue weighted by Crippen LogP contribution is 2.27. The van der Waals surface area contributed by atoms with E-state index in [-0.39, 0.29) is 11.8 Å². The summed E-state index contributed by atoms with van der Waals surface area (Å²) in [5, 5.41) is 0. The van der Waals surface area contributed by atoms with E-state index in [1.165, 1.54) is 5.56 Å². The fourth-order valence-electron chi connectivity index (χ4n) is 3.44. The lowest BCUT2D eigenvalue weighted by Crippen LogP contribution is -2.42. The molecule has 2 aliphatic heterocycles. The minimum absolute atomic E-state index is 0.0679. The van der Waals surface area contributed by atoms with E-state index in [0.29, 0.717) is 45.1 Å². The molecular formula is C18H25N3O3. The van der Waals surface area contributed by atoms with Crippen LogP contribution in [-0.4, -0.2) is 66.0 Å². The lowest BCUT2D eigenvalue weighted by Gasteiger charge is -2.32. The Kier molecular flexibility index (Phi) is 5.80.